The van der Waals surface area contributed by atoms with Gasteiger partial charge < -0.3 is 15.2 Å². The highest BCUT2D eigenvalue weighted by molar-refractivity contribution is 6.17. The molecule has 2 fully saturated rings. The molecule has 0 aliphatic carbocycles. The number of hydrogen-bond acceptors (Lipinski definition) is 7. The van der Waals surface area contributed by atoms with Crippen molar-refractivity contribution >= 4 is 35.3 Å². The summed E-state index contributed by atoms with van der Waals surface area (Å²) in [6, 6.07) is 24.8. The lowest BCUT2D eigenvalue weighted by Gasteiger charge is -2.25. The summed E-state index contributed by atoms with van der Waals surface area (Å²) in [5.41, 5.74) is 3.25. The van der Waals surface area contributed by atoms with Gasteiger partial charge in [0.25, 0.3) is 0 Å². The van der Waals surface area contributed by atoms with Crippen LogP contribution in [0.5, 0.6) is 0 Å². The second kappa shape index (κ2) is 14.1. The van der Waals surface area contributed by atoms with E-state index in [4.69, 9.17) is 9.73 Å². The van der Waals surface area contributed by atoms with E-state index in [1.54, 1.807) is 19.1 Å². The molecule has 0 aromatic heterocycles. The van der Waals surface area contributed by atoms with E-state index in [9.17, 15) is 24.3 Å². The minimum absolute atomic E-state index is 0.116. The second-order valence-electron chi connectivity index (χ2n) is 11.1. The van der Waals surface area contributed by atoms with E-state index in [2.05, 4.69) is 22.3 Å². The van der Waals surface area contributed by atoms with Crippen molar-refractivity contribution in [3.05, 3.63) is 102 Å². The Morgan fingerprint density at radius 1 is 0.977 bits per heavy atom. The third-order valence-corrected chi connectivity index (χ3v) is 8.00. The topological polar surface area (TPSA) is 129 Å². The molecule has 3 atom stereocenters. The highest BCUT2D eigenvalue weighted by Gasteiger charge is 2.34. The maximum Gasteiger partial charge on any atom is 0.416 e. The Balaban J connectivity index is 1.43. The van der Waals surface area contributed by atoms with Crippen LogP contribution in [0.4, 0.5) is 10.5 Å². The van der Waals surface area contributed by atoms with E-state index in [0.717, 1.165) is 29.8 Å². The summed E-state index contributed by atoms with van der Waals surface area (Å²) in [6.07, 6.45) is 0.721. The molecule has 2 aliphatic heterocycles. The van der Waals surface area contributed by atoms with Crippen molar-refractivity contribution in [3.8, 4) is 0 Å². The lowest BCUT2D eigenvalue weighted by molar-refractivity contribution is -0.140. The molecule has 3 amide bonds. The van der Waals surface area contributed by atoms with Gasteiger partial charge in [-0.1, -0.05) is 85.8 Å². The molecule has 228 valence electrons. The number of carboxylic acids is 1. The Morgan fingerprint density at radius 3 is 2.34 bits per heavy atom. The number of para-hydroxylation sites is 1. The zero-order valence-electron chi connectivity index (χ0n) is 24.6. The summed E-state index contributed by atoms with van der Waals surface area (Å²) >= 11 is 0. The fourth-order valence-corrected chi connectivity index (χ4v) is 5.72. The largest absolute Gasteiger partial charge is 0.480 e. The van der Waals surface area contributed by atoms with Crippen molar-refractivity contribution in [1.29, 1.82) is 0 Å². The monoisotopic (exact) mass is 596 g/mol. The number of hydrogen-bond donors (Lipinski definition) is 2. The first-order valence-corrected chi connectivity index (χ1v) is 14.8. The van der Waals surface area contributed by atoms with Gasteiger partial charge in [0.2, 0.25) is 11.8 Å². The van der Waals surface area contributed by atoms with Crippen LogP contribution in [-0.2, 0) is 25.7 Å². The standard InChI is InChI=1S/C34H36N4O6/c1-23(21-29(39)38-19-20-44-34(38)43)30(33(41)42)36-31(25-13-6-3-7-14-25)26-15-8-9-16-27(26)35-32(40)28-17-10-18-37(28)22-24-11-4-2-5-12-24/h2-9,11-16,23,28,30H,10,17-22H2,1H3,(H,35,40)(H,41,42)/t23-,28-,30?/m0/s1. The van der Waals surface area contributed by atoms with Crippen LogP contribution in [0, 0.1) is 5.92 Å². The predicted molar refractivity (Wildman–Crippen MR) is 165 cm³/mol. The molecule has 0 spiro atoms. The molecule has 0 bridgehead atoms. The lowest BCUT2D eigenvalue weighted by atomic mass is 9.95. The molecule has 0 radical (unpaired) electrons. The van der Waals surface area contributed by atoms with Gasteiger partial charge >= 0.3 is 12.1 Å². The van der Waals surface area contributed by atoms with Crippen LogP contribution in [0.2, 0.25) is 0 Å². The molecule has 0 saturated carbocycles. The Bertz CT molecular complexity index is 1530. The molecule has 10 nitrogen and oxygen atoms in total. The quantitative estimate of drug-likeness (QED) is 0.310. The van der Waals surface area contributed by atoms with Crippen LogP contribution < -0.4 is 5.32 Å². The van der Waals surface area contributed by atoms with Crippen molar-refractivity contribution in [2.45, 2.75) is 44.8 Å². The molecule has 1 unspecified atom stereocenters. The van der Waals surface area contributed by atoms with Gasteiger partial charge in [-0.05, 0) is 36.9 Å². The average molecular weight is 597 g/mol. The molecular formula is C34H36N4O6. The highest BCUT2D eigenvalue weighted by Crippen LogP contribution is 2.26. The Kier molecular flexibility index (Phi) is 9.81. The van der Waals surface area contributed by atoms with Crippen LogP contribution >= 0.6 is 0 Å². The number of nitrogens with one attached hydrogen (secondary N) is 1. The van der Waals surface area contributed by atoms with Gasteiger partial charge in [-0.15, -0.1) is 0 Å². The third kappa shape index (κ3) is 7.20. The van der Waals surface area contributed by atoms with Gasteiger partial charge in [0.1, 0.15) is 6.61 Å². The van der Waals surface area contributed by atoms with Crippen LogP contribution in [0.1, 0.15) is 42.9 Å². The molecule has 3 aromatic rings. The minimum atomic E-state index is -1.30. The van der Waals surface area contributed by atoms with E-state index >= 15 is 0 Å². The number of carboxylic acid groups (broad SMARTS) is 1. The van der Waals surface area contributed by atoms with Crippen LogP contribution in [0.15, 0.2) is 89.9 Å². The zero-order chi connectivity index (χ0) is 31.1. The first kappa shape index (κ1) is 30.6. The molecule has 3 aromatic carbocycles. The van der Waals surface area contributed by atoms with Crippen molar-refractivity contribution < 1.29 is 29.0 Å². The summed E-state index contributed by atoms with van der Waals surface area (Å²) in [7, 11) is 0. The number of nitrogens with zero attached hydrogens (tertiary/aromatic N) is 3. The molecule has 5 rings (SSSR count). The van der Waals surface area contributed by atoms with Gasteiger partial charge in [0.15, 0.2) is 6.04 Å². The van der Waals surface area contributed by atoms with Gasteiger partial charge in [-0.3, -0.25) is 19.5 Å². The number of amides is 3. The van der Waals surface area contributed by atoms with Crippen molar-refractivity contribution in [2.24, 2.45) is 10.9 Å². The number of carbonyl (C=O) groups excluding carboxylic acids is 3. The first-order chi connectivity index (χ1) is 21.3. The van der Waals surface area contributed by atoms with E-state index in [0.29, 0.717) is 29.1 Å². The normalized spacial score (nSPS) is 18.5. The molecule has 2 saturated heterocycles. The predicted octanol–water partition coefficient (Wildman–Crippen LogP) is 4.59. The Morgan fingerprint density at radius 2 is 1.66 bits per heavy atom. The number of likely N-dealkylation sites (tertiary alicyclic amines) is 1. The van der Waals surface area contributed by atoms with E-state index in [1.165, 1.54) is 0 Å². The first-order valence-electron chi connectivity index (χ1n) is 14.8. The fraction of sp³-hybridized carbons (Fsp3) is 0.324. The van der Waals surface area contributed by atoms with E-state index in [-0.39, 0.29) is 31.5 Å². The van der Waals surface area contributed by atoms with Crippen LogP contribution in [0.3, 0.4) is 0 Å². The molecule has 44 heavy (non-hydrogen) atoms. The number of anilines is 1. The zero-order valence-corrected chi connectivity index (χ0v) is 24.6. The second-order valence-corrected chi connectivity index (χ2v) is 11.1. The number of ether oxygens (including phenoxy) is 1. The average Bonchev–Trinajstić information content (AvgIpc) is 3.67. The molecule has 2 heterocycles. The molecule has 10 heteroatoms. The number of rotatable bonds is 11. The summed E-state index contributed by atoms with van der Waals surface area (Å²) in [5.74, 6) is -2.58. The number of imide groups is 1. The van der Waals surface area contributed by atoms with Gasteiger partial charge in [0, 0.05) is 24.1 Å². The smallest absolute Gasteiger partial charge is 0.416 e. The SMILES string of the molecule is C[C@@H](CC(=O)N1CCOC1=O)C(N=C(c1ccccc1)c1ccccc1NC(=O)[C@@H]1CCCN1Cc1ccccc1)C(=O)O. The lowest BCUT2D eigenvalue weighted by Crippen LogP contribution is -2.39. The maximum absolute atomic E-state index is 13.7. The maximum atomic E-state index is 13.7. The van der Waals surface area contributed by atoms with Gasteiger partial charge in [-0.25, -0.2) is 14.5 Å². The van der Waals surface area contributed by atoms with Gasteiger partial charge in [-0.2, -0.15) is 0 Å². The van der Waals surface area contributed by atoms with Crippen molar-refractivity contribution in [1.82, 2.24) is 9.80 Å². The molecule has 2 N–H and O–H groups in total. The molecule has 2 aliphatic rings. The third-order valence-electron chi connectivity index (χ3n) is 8.00. The van der Waals surface area contributed by atoms with Crippen molar-refractivity contribution in [3.63, 3.8) is 0 Å². The van der Waals surface area contributed by atoms with E-state index < -0.39 is 29.9 Å². The summed E-state index contributed by atoms with van der Waals surface area (Å²) in [5, 5.41) is 13.3. The summed E-state index contributed by atoms with van der Waals surface area (Å²) in [4.78, 5) is 58.8. The number of carbonyl (C=O) groups is 4. The Labute approximate surface area is 256 Å². The number of cyclic esters (lactones) is 1. The molecular weight excluding hydrogens is 560 g/mol. The highest BCUT2D eigenvalue weighted by atomic mass is 16.6. The summed E-state index contributed by atoms with van der Waals surface area (Å²) < 4.78 is 4.86. The van der Waals surface area contributed by atoms with Crippen molar-refractivity contribution in [2.75, 3.05) is 25.0 Å². The van der Waals surface area contributed by atoms with Crippen LogP contribution in [-0.4, -0.2) is 76.3 Å². The van der Waals surface area contributed by atoms with Gasteiger partial charge in [0.05, 0.1) is 24.0 Å². The summed E-state index contributed by atoms with van der Waals surface area (Å²) in [6.45, 7) is 3.36. The van der Waals surface area contributed by atoms with Crippen LogP contribution in [0.25, 0.3) is 0 Å². The number of benzene rings is 3. The number of aliphatic imine (C=N–C) groups is 1. The van der Waals surface area contributed by atoms with E-state index in [1.807, 2.05) is 60.7 Å². The fourth-order valence-electron chi connectivity index (χ4n) is 5.72. The Hall–Kier alpha value is -4.83. The number of aliphatic carboxylic acids is 1. The minimum Gasteiger partial charge on any atom is -0.480 e.